The van der Waals surface area contributed by atoms with Gasteiger partial charge in [-0.15, -0.1) is 0 Å². The van der Waals surface area contributed by atoms with Gasteiger partial charge in [0.05, 0.1) is 0 Å². The summed E-state index contributed by atoms with van der Waals surface area (Å²) in [5, 5.41) is 7.00. The summed E-state index contributed by atoms with van der Waals surface area (Å²) in [6.07, 6.45) is 5.86. The summed E-state index contributed by atoms with van der Waals surface area (Å²) in [5.41, 5.74) is 0. The van der Waals surface area contributed by atoms with E-state index >= 15 is 0 Å². The van der Waals surface area contributed by atoms with E-state index in [1.807, 2.05) is 19.9 Å². The smallest absolute Gasteiger partial charge is 0.0319 e. The highest BCUT2D eigenvalue weighted by atomic mass is 16.2. The molecule has 0 aromatic rings. The molecule has 0 fully saturated rings. The van der Waals surface area contributed by atoms with Crippen LogP contribution >= 0.6 is 0 Å². The molecule has 1 N–H and O–H groups in total. The average molecular weight is 158 g/mol. The second-order valence-corrected chi connectivity index (χ2v) is 1.86. The van der Waals surface area contributed by atoms with Crippen LogP contribution in [0.25, 0.3) is 0 Å². The van der Waals surface area contributed by atoms with Crippen molar-refractivity contribution in [1.82, 2.24) is 0 Å². The van der Waals surface area contributed by atoms with Gasteiger partial charge in [0, 0.05) is 7.11 Å². The molecule has 1 heteroatoms. The molecule has 0 aromatic carbocycles. The Morgan fingerprint density at radius 3 is 1.64 bits per heavy atom. The number of aliphatic hydroxyl groups excluding tert-OH is 1. The van der Waals surface area contributed by atoms with E-state index in [4.69, 9.17) is 5.11 Å². The molecular formula is C10H22O. The van der Waals surface area contributed by atoms with Crippen LogP contribution < -0.4 is 0 Å². The van der Waals surface area contributed by atoms with Crippen molar-refractivity contribution < 1.29 is 5.11 Å². The first kappa shape index (κ1) is 16.8. The molecule has 0 saturated carbocycles. The summed E-state index contributed by atoms with van der Waals surface area (Å²) in [6.45, 7) is 11.8. The molecule has 11 heavy (non-hydrogen) atoms. The van der Waals surface area contributed by atoms with E-state index in [1.54, 1.807) is 6.08 Å². The van der Waals surface area contributed by atoms with Gasteiger partial charge in [0.25, 0.3) is 0 Å². The van der Waals surface area contributed by atoms with Crippen molar-refractivity contribution in [1.29, 1.82) is 0 Å². The van der Waals surface area contributed by atoms with Crippen LogP contribution in [0.1, 0.15) is 27.7 Å². The minimum atomic E-state index is 0.651. The van der Waals surface area contributed by atoms with Crippen LogP contribution in [0.4, 0.5) is 0 Å². The van der Waals surface area contributed by atoms with E-state index in [-0.39, 0.29) is 0 Å². The second-order valence-electron chi connectivity index (χ2n) is 1.86. The highest BCUT2D eigenvalue weighted by molar-refractivity contribution is 4.98. The Morgan fingerprint density at radius 1 is 1.18 bits per heavy atom. The molecule has 1 nitrogen and oxygen atoms in total. The zero-order valence-electron chi connectivity index (χ0n) is 8.46. The zero-order chi connectivity index (χ0) is 9.70. The first-order valence-corrected chi connectivity index (χ1v) is 4.01. The molecule has 0 spiro atoms. The second kappa shape index (κ2) is 22.7. The molecule has 0 aliphatic carbocycles. The van der Waals surface area contributed by atoms with Gasteiger partial charge < -0.3 is 5.11 Å². The highest BCUT2D eigenvalue weighted by Gasteiger charge is 1.77. The first-order chi connectivity index (χ1) is 5.27. The number of hydrogen-bond acceptors (Lipinski definition) is 1. The van der Waals surface area contributed by atoms with E-state index in [0.29, 0.717) is 5.92 Å². The molecule has 0 atom stereocenters. The molecule has 0 saturated heterocycles. The van der Waals surface area contributed by atoms with E-state index in [1.165, 1.54) is 0 Å². The van der Waals surface area contributed by atoms with Gasteiger partial charge >= 0.3 is 0 Å². The summed E-state index contributed by atoms with van der Waals surface area (Å²) in [6, 6.07) is 0. The van der Waals surface area contributed by atoms with Gasteiger partial charge in [-0.25, -0.2) is 0 Å². The van der Waals surface area contributed by atoms with E-state index in [2.05, 4.69) is 26.5 Å². The van der Waals surface area contributed by atoms with Crippen LogP contribution in [0.5, 0.6) is 0 Å². The normalized spacial score (nSPS) is 7.91. The predicted molar refractivity (Wildman–Crippen MR) is 53.7 cm³/mol. The van der Waals surface area contributed by atoms with Crippen LogP contribution in [-0.4, -0.2) is 12.2 Å². The summed E-state index contributed by atoms with van der Waals surface area (Å²) >= 11 is 0. The third-order valence-corrected chi connectivity index (χ3v) is 0.632. The Bertz CT molecular complexity index is 72.9. The minimum Gasteiger partial charge on any atom is -0.400 e. The SMILES string of the molecule is C=C/C=C\C(C)C.CC.CO. The fraction of sp³-hybridized carbons (Fsp3) is 0.600. The summed E-state index contributed by atoms with van der Waals surface area (Å²) < 4.78 is 0. The largest absolute Gasteiger partial charge is 0.400 e. The Labute approximate surface area is 71.5 Å². The third-order valence-electron chi connectivity index (χ3n) is 0.632. The van der Waals surface area contributed by atoms with Crippen molar-refractivity contribution in [3.63, 3.8) is 0 Å². The van der Waals surface area contributed by atoms with Gasteiger partial charge in [0.2, 0.25) is 0 Å². The maximum atomic E-state index is 7.00. The highest BCUT2D eigenvalue weighted by Crippen LogP contribution is 1.91. The topological polar surface area (TPSA) is 20.2 Å². The fourth-order valence-corrected chi connectivity index (χ4v) is 0.301. The first-order valence-electron chi connectivity index (χ1n) is 4.01. The standard InChI is InChI=1S/C7H12.C2H6.CH4O/c1-4-5-6-7(2)3;2*1-2/h4-7H,1H2,2-3H3;1-2H3;2H,1H3/b6-5-;;. The average Bonchev–Trinajstić information content (AvgIpc) is 2.08. The lowest BCUT2D eigenvalue weighted by molar-refractivity contribution is 0.399. The van der Waals surface area contributed by atoms with Crippen molar-refractivity contribution in [2.45, 2.75) is 27.7 Å². The van der Waals surface area contributed by atoms with Crippen molar-refractivity contribution in [2.75, 3.05) is 7.11 Å². The number of aliphatic hydroxyl groups is 1. The van der Waals surface area contributed by atoms with Crippen LogP contribution in [0.2, 0.25) is 0 Å². The summed E-state index contributed by atoms with van der Waals surface area (Å²) in [7, 11) is 1.00. The number of rotatable bonds is 2. The van der Waals surface area contributed by atoms with E-state index in [0.717, 1.165) is 7.11 Å². The molecule has 68 valence electrons. The molecule has 0 radical (unpaired) electrons. The molecule has 0 amide bonds. The lowest BCUT2D eigenvalue weighted by Crippen LogP contribution is -1.73. The van der Waals surface area contributed by atoms with Gasteiger partial charge in [-0.1, -0.05) is 52.5 Å². The molecule has 0 bridgehead atoms. The molecule has 0 aromatic heterocycles. The summed E-state index contributed by atoms with van der Waals surface area (Å²) in [4.78, 5) is 0. The predicted octanol–water partition coefficient (Wildman–Crippen LogP) is 3.02. The van der Waals surface area contributed by atoms with Crippen molar-refractivity contribution in [2.24, 2.45) is 5.92 Å². The summed E-state index contributed by atoms with van der Waals surface area (Å²) in [5.74, 6) is 0.651. The molecule has 0 unspecified atom stereocenters. The third kappa shape index (κ3) is 44.2. The maximum Gasteiger partial charge on any atom is 0.0319 e. The Balaban J connectivity index is -0.000000138. The Kier molecular flexibility index (Phi) is 34.7. The Morgan fingerprint density at radius 2 is 1.55 bits per heavy atom. The van der Waals surface area contributed by atoms with E-state index in [9.17, 15) is 0 Å². The van der Waals surface area contributed by atoms with Crippen molar-refractivity contribution >= 4 is 0 Å². The molecule has 0 heterocycles. The number of hydrogen-bond donors (Lipinski definition) is 1. The maximum absolute atomic E-state index is 7.00. The zero-order valence-corrected chi connectivity index (χ0v) is 8.46. The molecule has 0 aliphatic rings. The van der Waals surface area contributed by atoms with Gasteiger partial charge in [-0.3, -0.25) is 0 Å². The van der Waals surface area contributed by atoms with Crippen molar-refractivity contribution in [3.8, 4) is 0 Å². The van der Waals surface area contributed by atoms with Gasteiger partial charge in [0.15, 0.2) is 0 Å². The quantitative estimate of drug-likeness (QED) is 0.612. The fourth-order valence-electron chi connectivity index (χ4n) is 0.301. The van der Waals surface area contributed by atoms with Crippen LogP contribution in [0.3, 0.4) is 0 Å². The van der Waals surface area contributed by atoms with Crippen LogP contribution in [0, 0.1) is 5.92 Å². The van der Waals surface area contributed by atoms with Crippen molar-refractivity contribution in [3.05, 3.63) is 24.8 Å². The van der Waals surface area contributed by atoms with Gasteiger partial charge in [0.1, 0.15) is 0 Å². The lowest BCUT2D eigenvalue weighted by Gasteiger charge is -1.87. The van der Waals surface area contributed by atoms with Crippen LogP contribution in [-0.2, 0) is 0 Å². The van der Waals surface area contributed by atoms with Crippen LogP contribution in [0.15, 0.2) is 24.8 Å². The van der Waals surface area contributed by atoms with Gasteiger partial charge in [-0.2, -0.15) is 0 Å². The monoisotopic (exact) mass is 158 g/mol. The van der Waals surface area contributed by atoms with Gasteiger partial charge in [-0.05, 0) is 5.92 Å². The molecular weight excluding hydrogens is 136 g/mol. The molecule has 0 rings (SSSR count). The lowest BCUT2D eigenvalue weighted by atomic mass is 10.2. The van der Waals surface area contributed by atoms with E-state index < -0.39 is 0 Å². The number of allylic oxidation sites excluding steroid dienone is 3. The minimum absolute atomic E-state index is 0.651. The Hall–Kier alpha value is -0.560. The molecule has 0 aliphatic heterocycles.